The van der Waals surface area contributed by atoms with Crippen molar-refractivity contribution in [3.8, 4) is 0 Å². The fourth-order valence-corrected chi connectivity index (χ4v) is 2.80. The molecule has 0 aliphatic rings. The van der Waals surface area contributed by atoms with Crippen LogP contribution in [0.1, 0.15) is 13.3 Å². The minimum Gasteiger partial charge on any atom is -0.383 e. The summed E-state index contributed by atoms with van der Waals surface area (Å²) < 4.78 is 27.9. The predicted molar refractivity (Wildman–Crippen MR) is 71.2 cm³/mol. The first-order valence-corrected chi connectivity index (χ1v) is 7.92. The molecule has 0 aromatic carbocycles. The van der Waals surface area contributed by atoms with E-state index in [-0.39, 0.29) is 5.75 Å². The summed E-state index contributed by atoms with van der Waals surface area (Å²) >= 11 is 0. The van der Waals surface area contributed by atoms with Crippen molar-refractivity contribution >= 4 is 9.84 Å². The number of rotatable bonds is 11. The van der Waals surface area contributed by atoms with E-state index in [4.69, 9.17) is 4.74 Å². The third-order valence-electron chi connectivity index (χ3n) is 2.45. The average Bonchev–Trinajstić information content (AvgIpc) is 2.26. The lowest BCUT2D eigenvalue weighted by Crippen LogP contribution is -2.34. The van der Waals surface area contributed by atoms with Crippen LogP contribution in [0.3, 0.4) is 0 Å². The molecule has 0 saturated carbocycles. The molecule has 17 heavy (non-hydrogen) atoms. The summed E-state index contributed by atoms with van der Waals surface area (Å²) in [7, 11) is 0.769. The van der Waals surface area contributed by atoms with Crippen LogP contribution in [0.25, 0.3) is 0 Å². The van der Waals surface area contributed by atoms with E-state index >= 15 is 0 Å². The maximum atomic E-state index is 11.5. The molecule has 0 amide bonds. The van der Waals surface area contributed by atoms with E-state index in [9.17, 15) is 8.42 Å². The molecule has 0 aliphatic carbocycles. The zero-order valence-electron chi connectivity index (χ0n) is 11.2. The quantitative estimate of drug-likeness (QED) is 0.533. The van der Waals surface area contributed by atoms with E-state index in [2.05, 4.69) is 5.32 Å². The SMILES string of the molecule is CCCS(=O)(=O)CCN(C)CCNCCOC. The Hall–Kier alpha value is -0.170. The smallest absolute Gasteiger partial charge is 0.151 e. The van der Waals surface area contributed by atoms with Crippen molar-refractivity contribution < 1.29 is 13.2 Å². The molecule has 0 aromatic rings. The molecular formula is C11H26N2O3S. The third kappa shape index (κ3) is 10.7. The molecule has 6 heteroatoms. The zero-order valence-corrected chi connectivity index (χ0v) is 12.1. The minimum atomic E-state index is -2.85. The number of nitrogens with one attached hydrogen (secondary N) is 1. The highest BCUT2D eigenvalue weighted by molar-refractivity contribution is 7.91. The molecule has 0 aliphatic heterocycles. The second-order valence-corrected chi connectivity index (χ2v) is 6.50. The highest BCUT2D eigenvalue weighted by Gasteiger charge is 2.10. The number of likely N-dealkylation sites (N-methyl/N-ethyl adjacent to an activating group) is 1. The van der Waals surface area contributed by atoms with Gasteiger partial charge in [0.1, 0.15) is 0 Å². The maximum absolute atomic E-state index is 11.5. The monoisotopic (exact) mass is 266 g/mol. The Bertz CT molecular complexity index is 268. The Labute approximate surface area is 105 Å². The Morgan fingerprint density at radius 3 is 2.47 bits per heavy atom. The molecule has 0 radical (unpaired) electrons. The van der Waals surface area contributed by atoms with Crippen LogP contribution in [0.5, 0.6) is 0 Å². The molecule has 0 fully saturated rings. The summed E-state index contributed by atoms with van der Waals surface area (Å²) in [5, 5.41) is 3.22. The molecule has 0 rings (SSSR count). The fraction of sp³-hybridized carbons (Fsp3) is 1.00. The first-order chi connectivity index (χ1) is 8.02. The topological polar surface area (TPSA) is 58.6 Å². The molecule has 0 unspecified atom stereocenters. The highest BCUT2D eigenvalue weighted by atomic mass is 32.2. The van der Waals surface area contributed by atoms with Gasteiger partial charge in [-0.05, 0) is 13.5 Å². The lowest BCUT2D eigenvalue weighted by atomic mass is 10.5. The zero-order chi connectivity index (χ0) is 13.1. The van der Waals surface area contributed by atoms with E-state index in [1.165, 1.54) is 0 Å². The van der Waals surface area contributed by atoms with Crippen LogP contribution in [0, 0.1) is 0 Å². The van der Waals surface area contributed by atoms with Gasteiger partial charge in [-0.2, -0.15) is 0 Å². The van der Waals surface area contributed by atoms with Gasteiger partial charge in [0.15, 0.2) is 9.84 Å². The Balaban J connectivity index is 3.55. The van der Waals surface area contributed by atoms with Gasteiger partial charge in [0.25, 0.3) is 0 Å². The molecule has 5 nitrogen and oxygen atoms in total. The summed E-state index contributed by atoms with van der Waals surface area (Å²) in [5.74, 6) is 0.558. The van der Waals surface area contributed by atoms with Crippen LogP contribution in [-0.2, 0) is 14.6 Å². The summed E-state index contributed by atoms with van der Waals surface area (Å²) in [5.41, 5.74) is 0. The van der Waals surface area contributed by atoms with Gasteiger partial charge < -0.3 is 15.0 Å². The number of hydrogen-bond donors (Lipinski definition) is 1. The van der Waals surface area contributed by atoms with Crippen molar-refractivity contribution in [2.24, 2.45) is 0 Å². The lowest BCUT2D eigenvalue weighted by molar-refractivity contribution is 0.198. The standard InChI is InChI=1S/C11H26N2O3S/c1-4-10-17(14,15)11-8-13(2)7-5-12-6-9-16-3/h12H,4-11H2,1-3H3. The van der Waals surface area contributed by atoms with Crippen molar-refractivity contribution in [3.63, 3.8) is 0 Å². The van der Waals surface area contributed by atoms with E-state index < -0.39 is 9.84 Å². The number of hydrogen-bond acceptors (Lipinski definition) is 5. The van der Waals surface area contributed by atoms with Crippen molar-refractivity contribution in [1.29, 1.82) is 0 Å². The first-order valence-electron chi connectivity index (χ1n) is 6.10. The van der Waals surface area contributed by atoms with Gasteiger partial charge in [0.2, 0.25) is 0 Å². The van der Waals surface area contributed by atoms with E-state index in [0.29, 0.717) is 25.3 Å². The van der Waals surface area contributed by atoms with Crippen LogP contribution in [-0.4, -0.2) is 71.8 Å². The molecule has 0 bridgehead atoms. The number of sulfone groups is 1. The number of ether oxygens (including phenoxy) is 1. The van der Waals surface area contributed by atoms with Gasteiger partial charge in [0.05, 0.1) is 12.4 Å². The second kappa shape index (κ2) is 9.82. The second-order valence-electron chi connectivity index (χ2n) is 4.20. The summed E-state index contributed by atoms with van der Waals surface area (Å²) in [6.07, 6.45) is 0.699. The summed E-state index contributed by atoms with van der Waals surface area (Å²) in [6, 6.07) is 0. The van der Waals surface area contributed by atoms with Gasteiger partial charge in [-0.25, -0.2) is 8.42 Å². The average molecular weight is 266 g/mol. The Morgan fingerprint density at radius 1 is 1.18 bits per heavy atom. The molecule has 0 aromatic heterocycles. The van der Waals surface area contributed by atoms with Crippen LogP contribution >= 0.6 is 0 Å². The molecule has 0 saturated heterocycles. The summed E-state index contributed by atoms with van der Waals surface area (Å²) in [6.45, 7) is 5.74. The maximum Gasteiger partial charge on any atom is 0.151 e. The van der Waals surface area contributed by atoms with E-state index in [0.717, 1.165) is 19.6 Å². The van der Waals surface area contributed by atoms with Gasteiger partial charge in [-0.3, -0.25) is 0 Å². The lowest BCUT2D eigenvalue weighted by Gasteiger charge is -2.16. The summed E-state index contributed by atoms with van der Waals surface area (Å²) in [4.78, 5) is 2.03. The van der Waals surface area contributed by atoms with Crippen LogP contribution in [0.4, 0.5) is 0 Å². The number of nitrogens with zero attached hydrogens (tertiary/aromatic N) is 1. The molecule has 104 valence electrons. The molecular weight excluding hydrogens is 240 g/mol. The van der Waals surface area contributed by atoms with Gasteiger partial charge in [0, 0.05) is 39.0 Å². The van der Waals surface area contributed by atoms with Gasteiger partial charge >= 0.3 is 0 Å². The largest absolute Gasteiger partial charge is 0.383 e. The fourth-order valence-electron chi connectivity index (χ4n) is 1.39. The van der Waals surface area contributed by atoms with E-state index in [1.54, 1.807) is 7.11 Å². The van der Waals surface area contributed by atoms with Gasteiger partial charge in [-0.15, -0.1) is 0 Å². The van der Waals surface area contributed by atoms with Gasteiger partial charge in [-0.1, -0.05) is 6.92 Å². The first kappa shape index (κ1) is 16.8. The van der Waals surface area contributed by atoms with Crippen molar-refractivity contribution in [1.82, 2.24) is 10.2 Å². The Morgan fingerprint density at radius 2 is 1.88 bits per heavy atom. The van der Waals surface area contributed by atoms with E-state index in [1.807, 2.05) is 18.9 Å². The minimum absolute atomic E-state index is 0.259. The molecule has 1 N–H and O–H groups in total. The molecule has 0 spiro atoms. The highest BCUT2D eigenvalue weighted by Crippen LogP contribution is 1.94. The molecule has 0 atom stereocenters. The molecule has 0 heterocycles. The van der Waals surface area contributed by atoms with Crippen LogP contribution < -0.4 is 5.32 Å². The van der Waals surface area contributed by atoms with Crippen molar-refractivity contribution in [2.45, 2.75) is 13.3 Å². The van der Waals surface area contributed by atoms with Crippen molar-refractivity contribution in [3.05, 3.63) is 0 Å². The Kier molecular flexibility index (Phi) is 9.72. The van der Waals surface area contributed by atoms with Crippen LogP contribution in [0.2, 0.25) is 0 Å². The number of methoxy groups -OCH3 is 1. The normalized spacial score (nSPS) is 12.2. The van der Waals surface area contributed by atoms with Crippen LogP contribution in [0.15, 0.2) is 0 Å². The van der Waals surface area contributed by atoms with Crippen molar-refractivity contribution in [2.75, 3.05) is 58.4 Å². The predicted octanol–water partition coefficient (Wildman–Crippen LogP) is -0.0210. The third-order valence-corrected chi connectivity index (χ3v) is 4.29.